The van der Waals surface area contributed by atoms with Crippen LogP contribution in [0.3, 0.4) is 0 Å². The highest BCUT2D eigenvalue weighted by atomic mass is 35.5. The molecule has 3 nitrogen and oxygen atoms in total. The van der Waals surface area contributed by atoms with Crippen LogP contribution in [-0.2, 0) is 0 Å². The summed E-state index contributed by atoms with van der Waals surface area (Å²) in [4.78, 5) is 0. The summed E-state index contributed by atoms with van der Waals surface area (Å²) in [6, 6.07) is 4.31. The van der Waals surface area contributed by atoms with Crippen LogP contribution in [0.2, 0.25) is 5.02 Å². The number of anilines is 1. The second-order valence-corrected chi connectivity index (χ2v) is 8.48. The van der Waals surface area contributed by atoms with Gasteiger partial charge in [-0.15, -0.1) is 0 Å². The number of benzene rings is 1. The Bertz CT molecular complexity index is 706. The Labute approximate surface area is 134 Å². The van der Waals surface area contributed by atoms with Crippen molar-refractivity contribution >= 4 is 40.0 Å². The van der Waals surface area contributed by atoms with Crippen LogP contribution in [0.5, 0.6) is 0 Å². The van der Waals surface area contributed by atoms with E-state index in [4.69, 9.17) is 11.6 Å². The van der Waals surface area contributed by atoms with Crippen molar-refractivity contribution in [2.75, 3.05) is 5.32 Å². The van der Waals surface area contributed by atoms with Crippen molar-refractivity contribution in [1.29, 1.82) is 0 Å². The van der Waals surface area contributed by atoms with Gasteiger partial charge in [0.25, 0.3) is 0 Å². The number of fused-ring (bicyclic) bond motifs is 3. The molecule has 21 heavy (non-hydrogen) atoms. The number of hydrogen-bond donors (Lipinski definition) is 1. The van der Waals surface area contributed by atoms with Crippen LogP contribution in [0.25, 0.3) is 11.0 Å². The summed E-state index contributed by atoms with van der Waals surface area (Å²) in [6.45, 7) is 7.22. The maximum atomic E-state index is 6.45. The molecule has 2 saturated carbocycles. The molecule has 0 spiro atoms. The zero-order valence-corrected chi connectivity index (χ0v) is 14.2. The lowest BCUT2D eigenvalue weighted by Crippen LogP contribution is -2.45. The molecule has 4 rings (SSSR count). The zero-order chi connectivity index (χ0) is 14.8. The second-order valence-electron chi connectivity index (χ2n) is 7.55. The van der Waals surface area contributed by atoms with Crippen molar-refractivity contribution in [3.05, 3.63) is 17.2 Å². The minimum absolute atomic E-state index is 0.294. The SMILES string of the molecule is CC1(C)C(Nc2c(Cl)ccc3nsnc23)[C@]2(C)CC[C@H]1C2. The van der Waals surface area contributed by atoms with E-state index in [2.05, 4.69) is 34.8 Å². The molecule has 3 atom stereocenters. The van der Waals surface area contributed by atoms with Gasteiger partial charge >= 0.3 is 0 Å². The van der Waals surface area contributed by atoms with Crippen molar-refractivity contribution in [1.82, 2.24) is 8.75 Å². The minimum Gasteiger partial charge on any atom is -0.378 e. The van der Waals surface area contributed by atoms with E-state index < -0.39 is 0 Å². The van der Waals surface area contributed by atoms with E-state index in [0.717, 1.165) is 27.7 Å². The quantitative estimate of drug-likeness (QED) is 0.848. The third-order valence-electron chi connectivity index (χ3n) is 5.94. The molecule has 1 aromatic heterocycles. The molecule has 2 aromatic rings. The molecular weight excluding hydrogens is 302 g/mol. The Balaban J connectivity index is 1.78. The molecule has 0 amide bonds. The highest BCUT2D eigenvalue weighted by molar-refractivity contribution is 7.00. The van der Waals surface area contributed by atoms with Crippen LogP contribution in [0, 0.1) is 16.7 Å². The van der Waals surface area contributed by atoms with E-state index >= 15 is 0 Å². The van der Waals surface area contributed by atoms with Crippen molar-refractivity contribution < 1.29 is 0 Å². The molecule has 2 aliphatic carbocycles. The lowest BCUT2D eigenvalue weighted by Gasteiger charge is -2.43. The van der Waals surface area contributed by atoms with E-state index in [1.807, 2.05) is 12.1 Å². The smallest absolute Gasteiger partial charge is 0.129 e. The van der Waals surface area contributed by atoms with Gasteiger partial charge < -0.3 is 5.32 Å². The molecule has 1 aromatic carbocycles. The first kappa shape index (κ1) is 13.8. The van der Waals surface area contributed by atoms with Gasteiger partial charge in [0.05, 0.1) is 22.4 Å². The monoisotopic (exact) mass is 321 g/mol. The first-order chi connectivity index (χ1) is 9.92. The Morgan fingerprint density at radius 2 is 2.10 bits per heavy atom. The van der Waals surface area contributed by atoms with Crippen LogP contribution in [-0.4, -0.2) is 14.8 Å². The molecule has 0 saturated heterocycles. The molecule has 1 heterocycles. The standard InChI is InChI=1S/C16H20ClN3S/c1-15(2)9-6-7-16(3,8-9)14(15)18-12-10(17)4-5-11-13(12)20-21-19-11/h4-5,9,14,18H,6-8H2,1-3H3/t9-,14?,16+/m0/s1. The number of nitrogens with one attached hydrogen (secondary N) is 1. The van der Waals surface area contributed by atoms with Gasteiger partial charge in [-0.1, -0.05) is 32.4 Å². The molecule has 0 aliphatic heterocycles. The van der Waals surface area contributed by atoms with E-state index in [0.29, 0.717) is 16.9 Å². The number of hydrogen-bond acceptors (Lipinski definition) is 4. The summed E-state index contributed by atoms with van der Waals surface area (Å²) in [5, 5.41) is 4.52. The summed E-state index contributed by atoms with van der Waals surface area (Å²) in [6.07, 6.45) is 3.99. The van der Waals surface area contributed by atoms with Crippen molar-refractivity contribution in [3.63, 3.8) is 0 Å². The van der Waals surface area contributed by atoms with Gasteiger partial charge in [-0.05, 0) is 48.1 Å². The highest BCUT2D eigenvalue weighted by Crippen LogP contribution is 2.63. The minimum atomic E-state index is 0.294. The molecular formula is C16H20ClN3S. The fourth-order valence-electron chi connectivity index (χ4n) is 4.77. The summed E-state index contributed by atoms with van der Waals surface area (Å²) < 4.78 is 8.77. The Kier molecular flexibility index (Phi) is 2.84. The summed E-state index contributed by atoms with van der Waals surface area (Å²) >= 11 is 7.70. The third-order valence-corrected chi connectivity index (χ3v) is 6.79. The molecule has 1 unspecified atom stereocenters. The highest BCUT2D eigenvalue weighted by Gasteiger charge is 2.59. The Morgan fingerprint density at radius 3 is 2.81 bits per heavy atom. The predicted molar refractivity (Wildman–Crippen MR) is 89.1 cm³/mol. The molecule has 112 valence electrons. The zero-order valence-electron chi connectivity index (χ0n) is 12.6. The van der Waals surface area contributed by atoms with E-state index in [9.17, 15) is 0 Å². The molecule has 2 bridgehead atoms. The molecule has 2 aliphatic rings. The van der Waals surface area contributed by atoms with Crippen LogP contribution in [0.15, 0.2) is 12.1 Å². The van der Waals surface area contributed by atoms with Crippen LogP contribution >= 0.6 is 23.3 Å². The van der Waals surface area contributed by atoms with Crippen molar-refractivity contribution in [2.45, 2.75) is 46.1 Å². The topological polar surface area (TPSA) is 37.8 Å². The molecule has 2 fully saturated rings. The second kappa shape index (κ2) is 4.32. The first-order valence-electron chi connectivity index (χ1n) is 7.59. The molecule has 1 N–H and O–H groups in total. The normalized spacial score (nSPS) is 33.7. The first-order valence-corrected chi connectivity index (χ1v) is 8.70. The number of halogens is 1. The molecule has 5 heteroatoms. The van der Waals surface area contributed by atoms with Gasteiger partial charge in [0.1, 0.15) is 11.0 Å². The van der Waals surface area contributed by atoms with Gasteiger partial charge in [-0.3, -0.25) is 0 Å². The summed E-state index contributed by atoms with van der Waals surface area (Å²) in [5.41, 5.74) is 3.47. The fraction of sp³-hybridized carbons (Fsp3) is 0.625. The third kappa shape index (κ3) is 1.85. The number of nitrogens with zero attached hydrogens (tertiary/aromatic N) is 2. The van der Waals surface area contributed by atoms with E-state index in [1.54, 1.807) is 0 Å². The van der Waals surface area contributed by atoms with Gasteiger partial charge in [0.15, 0.2) is 0 Å². The van der Waals surface area contributed by atoms with Crippen LogP contribution < -0.4 is 5.32 Å². The van der Waals surface area contributed by atoms with Crippen LogP contribution in [0.1, 0.15) is 40.0 Å². The fourth-order valence-corrected chi connectivity index (χ4v) is 5.52. The van der Waals surface area contributed by atoms with Gasteiger partial charge in [0.2, 0.25) is 0 Å². The lowest BCUT2D eigenvalue weighted by atomic mass is 9.68. The summed E-state index contributed by atoms with van der Waals surface area (Å²) in [5.74, 6) is 0.812. The predicted octanol–water partition coefficient (Wildman–Crippen LogP) is 4.97. The summed E-state index contributed by atoms with van der Waals surface area (Å²) in [7, 11) is 0. The maximum absolute atomic E-state index is 6.45. The maximum Gasteiger partial charge on any atom is 0.129 e. The van der Waals surface area contributed by atoms with Gasteiger partial charge in [-0.2, -0.15) is 8.75 Å². The van der Waals surface area contributed by atoms with Crippen molar-refractivity contribution in [2.24, 2.45) is 16.7 Å². The average molecular weight is 322 g/mol. The average Bonchev–Trinajstić information content (AvgIpc) is 3.07. The lowest BCUT2D eigenvalue weighted by molar-refractivity contribution is 0.155. The number of aromatic nitrogens is 2. The number of rotatable bonds is 2. The molecule has 0 radical (unpaired) electrons. The Morgan fingerprint density at radius 1 is 1.29 bits per heavy atom. The van der Waals surface area contributed by atoms with E-state index in [1.165, 1.54) is 31.0 Å². The Hall–Kier alpha value is -0.870. The largest absolute Gasteiger partial charge is 0.378 e. The van der Waals surface area contributed by atoms with E-state index in [-0.39, 0.29) is 0 Å². The van der Waals surface area contributed by atoms with Gasteiger partial charge in [-0.25, -0.2) is 0 Å². The van der Waals surface area contributed by atoms with Crippen LogP contribution in [0.4, 0.5) is 5.69 Å². The van der Waals surface area contributed by atoms with Gasteiger partial charge in [0, 0.05) is 6.04 Å². The van der Waals surface area contributed by atoms with Crippen molar-refractivity contribution in [3.8, 4) is 0 Å².